The van der Waals surface area contributed by atoms with Crippen LogP contribution in [0.15, 0.2) is 108 Å². The van der Waals surface area contributed by atoms with Gasteiger partial charge in [-0.15, -0.1) is 0 Å². The Bertz CT molecular complexity index is 1460. The van der Waals surface area contributed by atoms with E-state index in [2.05, 4.69) is 50.2 Å². The molecule has 4 rings (SSSR count). The third-order valence-electron chi connectivity index (χ3n) is 6.61. The molecule has 8 heteroatoms. The molecule has 214 valence electrons. The number of hydrogen-bond donors (Lipinski definition) is 1. The van der Waals surface area contributed by atoms with Gasteiger partial charge in [0.05, 0.1) is 4.90 Å². The summed E-state index contributed by atoms with van der Waals surface area (Å²) in [6.07, 6.45) is 1.04. The Labute approximate surface area is 237 Å². The quantitative estimate of drug-likeness (QED) is 0.211. The smallest absolute Gasteiger partial charge is 0.306 e. The summed E-state index contributed by atoms with van der Waals surface area (Å²) in [5, 5.41) is 1.74. The Kier molecular flexibility index (Phi) is 12.0. The van der Waals surface area contributed by atoms with Gasteiger partial charge in [0, 0.05) is 25.3 Å². The predicted molar refractivity (Wildman–Crippen MR) is 160 cm³/mol. The maximum Gasteiger partial charge on any atom is 0.306 e. The second kappa shape index (κ2) is 14.7. The van der Waals surface area contributed by atoms with Gasteiger partial charge in [-0.1, -0.05) is 105 Å². The lowest BCUT2D eigenvalue weighted by molar-refractivity contribution is -0.168. The molecule has 4 aromatic carbocycles. The molecule has 0 amide bonds. The summed E-state index contributed by atoms with van der Waals surface area (Å²) in [7, 11) is 0.00971. The van der Waals surface area contributed by atoms with E-state index >= 15 is 0 Å². The second-order valence-corrected chi connectivity index (χ2v) is 11.3. The Morgan fingerprint density at radius 2 is 1.43 bits per heavy atom. The highest BCUT2D eigenvalue weighted by atomic mass is 32.2. The highest BCUT2D eigenvalue weighted by molar-refractivity contribution is 7.85. The lowest BCUT2D eigenvalue weighted by Gasteiger charge is -2.40. The van der Waals surface area contributed by atoms with Crippen LogP contribution in [0.1, 0.15) is 31.4 Å². The highest BCUT2D eigenvalue weighted by Crippen LogP contribution is 2.38. The standard InChI is InChI=1S/C22H29NO2.C10H8O3S.H2O/c1-5-21(24)25-22(18(2)17-23(3)4,20-14-10-7-11-15-20)16-19-12-8-6-9-13-19;11-14(12,13)10-6-5-8-3-1-2-4-9(8)7-10;/h6-15,18H,5,16-17H2,1-4H3;1-7H,(H,11,12,13);1H2. The van der Waals surface area contributed by atoms with Gasteiger partial charge in [-0.25, -0.2) is 0 Å². The summed E-state index contributed by atoms with van der Waals surface area (Å²) >= 11 is 0. The lowest BCUT2D eigenvalue weighted by atomic mass is 9.77. The minimum absolute atomic E-state index is 0. The number of fused-ring (bicyclic) bond motifs is 1. The highest BCUT2D eigenvalue weighted by Gasteiger charge is 2.42. The van der Waals surface area contributed by atoms with Crippen molar-refractivity contribution >= 4 is 26.9 Å². The zero-order valence-corrected chi connectivity index (χ0v) is 24.3. The van der Waals surface area contributed by atoms with Gasteiger partial charge in [0.15, 0.2) is 0 Å². The van der Waals surface area contributed by atoms with Crippen molar-refractivity contribution in [2.45, 2.75) is 37.2 Å². The molecule has 0 radical (unpaired) electrons. The van der Waals surface area contributed by atoms with Gasteiger partial charge in [0.25, 0.3) is 10.1 Å². The molecule has 0 aromatic heterocycles. The molecule has 7 nitrogen and oxygen atoms in total. The van der Waals surface area contributed by atoms with Crippen molar-refractivity contribution in [3.63, 3.8) is 0 Å². The van der Waals surface area contributed by atoms with E-state index in [1.165, 1.54) is 17.7 Å². The summed E-state index contributed by atoms with van der Waals surface area (Å²) in [5.41, 5.74) is 1.54. The van der Waals surface area contributed by atoms with Crippen LogP contribution in [0.5, 0.6) is 0 Å². The molecule has 40 heavy (non-hydrogen) atoms. The number of rotatable bonds is 9. The molecule has 0 heterocycles. The van der Waals surface area contributed by atoms with Gasteiger partial charge >= 0.3 is 5.97 Å². The molecule has 0 saturated heterocycles. The summed E-state index contributed by atoms with van der Waals surface area (Å²) in [6.45, 7) is 4.84. The Morgan fingerprint density at radius 1 is 0.875 bits per heavy atom. The van der Waals surface area contributed by atoms with Crippen molar-refractivity contribution in [2.75, 3.05) is 20.6 Å². The van der Waals surface area contributed by atoms with E-state index in [0.717, 1.165) is 22.9 Å². The zero-order valence-electron chi connectivity index (χ0n) is 23.4. The number of ether oxygens (including phenoxy) is 1. The largest absolute Gasteiger partial charge is 0.453 e. The molecular weight excluding hydrogens is 526 g/mol. The van der Waals surface area contributed by atoms with Crippen molar-refractivity contribution in [1.82, 2.24) is 4.90 Å². The van der Waals surface area contributed by atoms with Crippen LogP contribution in [0.4, 0.5) is 0 Å². The van der Waals surface area contributed by atoms with Crippen molar-refractivity contribution in [3.8, 4) is 0 Å². The fourth-order valence-corrected chi connectivity index (χ4v) is 5.19. The monoisotopic (exact) mass is 565 g/mol. The Balaban J connectivity index is 0.000000316. The number of benzene rings is 4. The summed E-state index contributed by atoms with van der Waals surface area (Å²) < 4.78 is 36.7. The van der Waals surface area contributed by atoms with Gasteiger partial charge in [-0.2, -0.15) is 8.42 Å². The molecule has 0 bridgehead atoms. The van der Waals surface area contributed by atoms with Crippen LogP contribution in [-0.4, -0.2) is 50.0 Å². The van der Waals surface area contributed by atoms with Crippen LogP contribution < -0.4 is 0 Å². The van der Waals surface area contributed by atoms with E-state index in [4.69, 9.17) is 9.29 Å². The number of nitrogens with zero attached hydrogens (tertiary/aromatic N) is 1. The third-order valence-corrected chi connectivity index (χ3v) is 7.46. The minimum Gasteiger partial charge on any atom is -0.453 e. The van der Waals surface area contributed by atoms with Gasteiger partial charge in [-0.05, 0) is 48.1 Å². The van der Waals surface area contributed by atoms with Crippen LogP contribution in [0.3, 0.4) is 0 Å². The predicted octanol–water partition coefficient (Wildman–Crippen LogP) is 5.54. The fourth-order valence-electron chi connectivity index (χ4n) is 4.67. The summed E-state index contributed by atoms with van der Waals surface area (Å²) in [6, 6.07) is 32.3. The van der Waals surface area contributed by atoms with E-state index in [0.29, 0.717) is 12.8 Å². The van der Waals surface area contributed by atoms with Crippen LogP contribution >= 0.6 is 0 Å². The molecule has 2 atom stereocenters. The van der Waals surface area contributed by atoms with Crippen LogP contribution in [0.2, 0.25) is 0 Å². The number of esters is 1. The first kappa shape index (κ1) is 32.7. The van der Waals surface area contributed by atoms with E-state index < -0.39 is 15.7 Å². The third kappa shape index (κ3) is 8.72. The maximum absolute atomic E-state index is 12.3. The average molecular weight is 566 g/mol. The first-order valence-corrected chi connectivity index (χ1v) is 14.4. The van der Waals surface area contributed by atoms with Crippen molar-refractivity contribution < 1.29 is 28.0 Å². The molecule has 0 spiro atoms. The second-order valence-electron chi connectivity index (χ2n) is 9.89. The van der Waals surface area contributed by atoms with E-state index in [9.17, 15) is 13.2 Å². The van der Waals surface area contributed by atoms with Gasteiger partial charge in [-0.3, -0.25) is 9.35 Å². The first-order chi connectivity index (χ1) is 18.5. The average Bonchev–Trinajstić information content (AvgIpc) is 2.92. The van der Waals surface area contributed by atoms with Crippen LogP contribution in [0, 0.1) is 5.92 Å². The molecular formula is C32H39NO6S. The number of carbonyl (C=O) groups is 1. The normalized spacial score (nSPS) is 13.3. The minimum atomic E-state index is -4.09. The topological polar surface area (TPSA) is 115 Å². The van der Waals surface area contributed by atoms with Crippen molar-refractivity contribution in [1.29, 1.82) is 0 Å². The van der Waals surface area contributed by atoms with Crippen LogP contribution in [-0.2, 0) is 31.7 Å². The van der Waals surface area contributed by atoms with E-state index in [-0.39, 0.29) is 22.3 Å². The number of carbonyl (C=O) groups excluding carboxylic acids is 1. The zero-order chi connectivity index (χ0) is 28.5. The van der Waals surface area contributed by atoms with Crippen molar-refractivity contribution in [3.05, 3.63) is 114 Å². The number of hydrogen-bond acceptors (Lipinski definition) is 5. The molecule has 0 aliphatic rings. The molecule has 0 aliphatic heterocycles. The lowest BCUT2D eigenvalue weighted by Crippen LogP contribution is -2.44. The van der Waals surface area contributed by atoms with Crippen LogP contribution in [0.25, 0.3) is 10.8 Å². The molecule has 2 unspecified atom stereocenters. The fraction of sp³-hybridized carbons (Fsp3) is 0.281. The summed E-state index contributed by atoms with van der Waals surface area (Å²) in [4.78, 5) is 14.4. The molecule has 0 aliphatic carbocycles. The van der Waals surface area contributed by atoms with Gasteiger partial charge in [0.1, 0.15) is 5.60 Å². The molecule has 4 aromatic rings. The van der Waals surface area contributed by atoms with E-state index in [1.54, 1.807) is 12.1 Å². The van der Waals surface area contributed by atoms with Gasteiger partial charge < -0.3 is 15.1 Å². The van der Waals surface area contributed by atoms with Gasteiger partial charge in [0.2, 0.25) is 0 Å². The molecule has 0 saturated carbocycles. The van der Waals surface area contributed by atoms with Crippen molar-refractivity contribution in [2.24, 2.45) is 5.92 Å². The maximum atomic E-state index is 12.3. The molecule has 3 N–H and O–H groups in total. The molecule has 0 fully saturated rings. The summed E-state index contributed by atoms with van der Waals surface area (Å²) in [5.74, 6) is -0.0222. The Hall–Kier alpha value is -3.56. The van der Waals surface area contributed by atoms with E-state index in [1.807, 2.05) is 61.5 Å². The first-order valence-electron chi connectivity index (χ1n) is 13.0. The Morgan fingerprint density at radius 3 is 1.98 bits per heavy atom. The SMILES string of the molecule is CCC(=O)OC(Cc1ccccc1)(c1ccccc1)C(C)CN(C)C.O.O=S(=O)(O)c1ccc2ccccc2c1.